The number of aromatic nitrogens is 2. The van der Waals surface area contributed by atoms with Crippen LogP contribution in [0.3, 0.4) is 0 Å². The van der Waals surface area contributed by atoms with Gasteiger partial charge in [-0.1, -0.05) is 6.92 Å². The zero-order valence-corrected chi connectivity index (χ0v) is 12.2. The molecule has 0 saturated heterocycles. The monoisotopic (exact) mass is 293 g/mol. The van der Waals surface area contributed by atoms with E-state index in [-0.39, 0.29) is 10.8 Å². The maximum Gasteiger partial charge on any atom is 0.346 e. The van der Waals surface area contributed by atoms with E-state index in [4.69, 9.17) is 5.11 Å². The second-order valence-electron chi connectivity index (χ2n) is 4.40. The van der Waals surface area contributed by atoms with Crippen molar-refractivity contribution in [2.24, 2.45) is 7.05 Å². The van der Waals surface area contributed by atoms with Gasteiger partial charge in [-0.3, -0.25) is 9.48 Å². The molecule has 2 aromatic rings. The fourth-order valence-corrected chi connectivity index (χ4v) is 2.83. The number of carboxylic acid groups (broad SMARTS) is 1. The molecular weight excluding hydrogens is 278 g/mol. The zero-order chi connectivity index (χ0) is 14.9. The molecule has 6 nitrogen and oxygen atoms in total. The number of thiophene rings is 1. The molecule has 20 heavy (non-hydrogen) atoms. The zero-order valence-electron chi connectivity index (χ0n) is 11.4. The standard InChI is InChI=1S/C13H15N3O3S/c1-4-9-8(6-16(3)15-9)12(17)14-10-5-7(2)11(20-10)13(18)19/h5-6H,4H2,1-3H3,(H,14,17)(H,18,19). The molecule has 0 saturated carbocycles. The van der Waals surface area contributed by atoms with Crippen molar-refractivity contribution in [2.75, 3.05) is 5.32 Å². The molecule has 0 aliphatic carbocycles. The number of anilines is 1. The average molecular weight is 293 g/mol. The second kappa shape index (κ2) is 5.46. The van der Waals surface area contributed by atoms with Crippen LogP contribution in [-0.4, -0.2) is 26.8 Å². The first kappa shape index (κ1) is 14.3. The van der Waals surface area contributed by atoms with Crippen LogP contribution in [-0.2, 0) is 13.5 Å². The van der Waals surface area contributed by atoms with E-state index in [1.807, 2.05) is 6.92 Å². The van der Waals surface area contributed by atoms with Gasteiger partial charge in [-0.05, 0) is 25.0 Å². The maximum atomic E-state index is 12.2. The smallest absolute Gasteiger partial charge is 0.346 e. The summed E-state index contributed by atoms with van der Waals surface area (Å²) >= 11 is 1.05. The molecule has 0 radical (unpaired) electrons. The Bertz CT molecular complexity index is 672. The first-order valence-corrected chi connectivity index (χ1v) is 6.91. The van der Waals surface area contributed by atoms with Crippen LogP contribution in [0.2, 0.25) is 0 Å². The lowest BCUT2D eigenvalue weighted by Gasteiger charge is -2.01. The Labute approximate surface area is 120 Å². The minimum Gasteiger partial charge on any atom is -0.477 e. The molecule has 0 fully saturated rings. The summed E-state index contributed by atoms with van der Waals surface area (Å²) < 4.78 is 1.59. The summed E-state index contributed by atoms with van der Waals surface area (Å²) in [5.74, 6) is -1.25. The maximum absolute atomic E-state index is 12.2. The van der Waals surface area contributed by atoms with Crippen molar-refractivity contribution in [3.8, 4) is 0 Å². The number of rotatable bonds is 4. The summed E-state index contributed by atoms with van der Waals surface area (Å²) in [6.07, 6.45) is 2.32. The van der Waals surface area contributed by atoms with Crippen LogP contribution in [0.15, 0.2) is 12.3 Å². The SMILES string of the molecule is CCc1nn(C)cc1C(=O)Nc1cc(C)c(C(=O)O)s1. The Morgan fingerprint density at radius 3 is 2.75 bits per heavy atom. The molecule has 106 valence electrons. The Kier molecular flexibility index (Phi) is 3.89. The van der Waals surface area contributed by atoms with E-state index in [2.05, 4.69) is 10.4 Å². The number of carbonyl (C=O) groups is 2. The minimum absolute atomic E-state index is 0.238. The Hall–Kier alpha value is -2.15. The molecule has 2 heterocycles. The fraction of sp³-hybridized carbons (Fsp3) is 0.308. The van der Waals surface area contributed by atoms with Gasteiger partial charge in [0.15, 0.2) is 0 Å². The summed E-state index contributed by atoms with van der Waals surface area (Å²) in [6, 6.07) is 1.66. The van der Waals surface area contributed by atoms with Crippen molar-refractivity contribution in [3.63, 3.8) is 0 Å². The molecule has 2 rings (SSSR count). The van der Waals surface area contributed by atoms with Gasteiger partial charge in [-0.25, -0.2) is 4.79 Å². The van der Waals surface area contributed by atoms with Gasteiger partial charge in [0.2, 0.25) is 0 Å². The van der Waals surface area contributed by atoms with Gasteiger partial charge in [-0.2, -0.15) is 5.10 Å². The van der Waals surface area contributed by atoms with Crippen LogP contribution in [0, 0.1) is 6.92 Å². The van der Waals surface area contributed by atoms with E-state index in [1.165, 1.54) is 0 Å². The molecule has 1 amide bonds. The number of aryl methyl sites for hydroxylation is 3. The lowest BCUT2D eigenvalue weighted by molar-refractivity contribution is 0.0701. The van der Waals surface area contributed by atoms with Crippen LogP contribution in [0.4, 0.5) is 5.00 Å². The number of carboxylic acids is 1. The number of hydrogen-bond acceptors (Lipinski definition) is 4. The number of aromatic carboxylic acids is 1. The summed E-state index contributed by atoms with van der Waals surface area (Å²) in [5.41, 5.74) is 1.87. The minimum atomic E-state index is -0.983. The lowest BCUT2D eigenvalue weighted by atomic mass is 10.2. The van der Waals surface area contributed by atoms with Crippen LogP contribution < -0.4 is 5.32 Å². The van der Waals surface area contributed by atoms with E-state index < -0.39 is 5.97 Å². The number of nitrogens with one attached hydrogen (secondary N) is 1. The Morgan fingerprint density at radius 2 is 2.20 bits per heavy atom. The quantitative estimate of drug-likeness (QED) is 0.906. The average Bonchev–Trinajstić information content (AvgIpc) is 2.92. The first-order chi connectivity index (χ1) is 9.42. The molecular formula is C13H15N3O3S. The molecule has 0 aliphatic heterocycles. The van der Waals surface area contributed by atoms with Gasteiger partial charge < -0.3 is 10.4 Å². The molecule has 0 atom stereocenters. The highest BCUT2D eigenvalue weighted by atomic mass is 32.1. The third-order valence-electron chi connectivity index (χ3n) is 2.83. The van der Waals surface area contributed by atoms with E-state index in [1.54, 1.807) is 30.9 Å². The van der Waals surface area contributed by atoms with Crippen molar-refractivity contribution in [1.29, 1.82) is 0 Å². The van der Waals surface area contributed by atoms with Gasteiger partial charge in [0.25, 0.3) is 5.91 Å². The van der Waals surface area contributed by atoms with Crippen molar-refractivity contribution < 1.29 is 14.7 Å². The van der Waals surface area contributed by atoms with Gasteiger partial charge in [-0.15, -0.1) is 11.3 Å². The predicted molar refractivity (Wildman–Crippen MR) is 76.6 cm³/mol. The normalized spacial score (nSPS) is 10.6. The van der Waals surface area contributed by atoms with Crippen LogP contribution >= 0.6 is 11.3 Å². The van der Waals surface area contributed by atoms with Crippen LogP contribution in [0.25, 0.3) is 0 Å². The largest absolute Gasteiger partial charge is 0.477 e. The molecule has 0 unspecified atom stereocenters. The third-order valence-corrected chi connectivity index (χ3v) is 3.97. The van der Waals surface area contributed by atoms with Crippen molar-refractivity contribution in [2.45, 2.75) is 20.3 Å². The first-order valence-electron chi connectivity index (χ1n) is 6.10. The highest BCUT2D eigenvalue weighted by Crippen LogP contribution is 2.27. The molecule has 0 aromatic carbocycles. The third kappa shape index (κ3) is 2.72. The Balaban J connectivity index is 2.23. The molecule has 2 aromatic heterocycles. The molecule has 2 N–H and O–H groups in total. The fourth-order valence-electron chi connectivity index (χ4n) is 1.92. The summed E-state index contributed by atoms with van der Waals surface area (Å²) in [5, 5.41) is 16.5. The highest BCUT2D eigenvalue weighted by Gasteiger charge is 2.17. The van der Waals surface area contributed by atoms with Crippen LogP contribution in [0.1, 0.15) is 38.2 Å². The molecule has 0 aliphatic rings. The molecule has 7 heteroatoms. The Morgan fingerprint density at radius 1 is 1.50 bits per heavy atom. The predicted octanol–water partition coefficient (Wildman–Crippen LogP) is 2.30. The van der Waals surface area contributed by atoms with E-state index in [0.29, 0.717) is 22.5 Å². The number of nitrogens with zero attached hydrogens (tertiary/aromatic N) is 2. The van der Waals surface area contributed by atoms with Gasteiger partial charge in [0.1, 0.15) is 4.88 Å². The van der Waals surface area contributed by atoms with Crippen LogP contribution in [0.5, 0.6) is 0 Å². The van der Waals surface area contributed by atoms with E-state index in [9.17, 15) is 9.59 Å². The molecule has 0 bridgehead atoms. The van der Waals surface area contributed by atoms with Crippen molar-refractivity contribution in [3.05, 3.63) is 34.0 Å². The summed E-state index contributed by atoms with van der Waals surface area (Å²) in [6.45, 7) is 3.63. The summed E-state index contributed by atoms with van der Waals surface area (Å²) in [4.78, 5) is 23.4. The van der Waals surface area contributed by atoms with E-state index in [0.717, 1.165) is 17.0 Å². The van der Waals surface area contributed by atoms with Gasteiger partial charge in [0, 0.05) is 13.2 Å². The second-order valence-corrected chi connectivity index (χ2v) is 5.45. The molecule has 0 spiro atoms. The number of amides is 1. The van der Waals surface area contributed by atoms with Crippen molar-refractivity contribution in [1.82, 2.24) is 9.78 Å². The van der Waals surface area contributed by atoms with E-state index >= 15 is 0 Å². The summed E-state index contributed by atoms with van der Waals surface area (Å²) in [7, 11) is 1.76. The highest BCUT2D eigenvalue weighted by molar-refractivity contribution is 7.18. The number of hydrogen-bond donors (Lipinski definition) is 2. The lowest BCUT2D eigenvalue weighted by Crippen LogP contribution is -2.12. The van der Waals surface area contributed by atoms with Gasteiger partial charge >= 0.3 is 5.97 Å². The van der Waals surface area contributed by atoms with Gasteiger partial charge in [0.05, 0.1) is 16.3 Å². The topological polar surface area (TPSA) is 84.2 Å². The van der Waals surface area contributed by atoms with Crippen molar-refractivity contribution >= 4 is 28.2 Å². The number of carbonyl (C=O) groups excluding carboxylic acids is 1.